The summed E-state index contributed by atoms with van der Waals surface area (Å²) in [6, 6.07) is 3.24. The summed E-state index contributed by atoms with van der Waals surface area (Å²) in [6.07, 6.45) is 4.79. The molecule has 20 heavy (non-hydrogen) atoms. The number of rotatable bonds is 4. The standard InChI is InChI=1S/C14H19N3O3/c1-9(13(18)17-11-4-2-3-5-11)20-14(19)12-7-6-10(15)8-16-12/h6-9,11H,2-5,15H2,1H3,(H,17,18). The molecular formula is C14H19N3O3. The van der Waals surface area contributed by atoms with Crippen molar-refractivity contribution in [1.82, 2.24) is 10.3 Å². The number of aromatic nitrogens is 1. The first-order valence-corrected chi connectivity index (χ1v) is 6.79. The van der Waals surface area contributed by atoms with E-state index in [1.54, 1.807) is 13.0 Å². The number of carbonyl (C=O) groups excluding carboxylic acids is 2. The van der Waals surface area contributed by atoms with Crippen LogP contribution in [0.2, 0.25) is 0 Å². The van der Waals surface area contributed by atoms with Gasteiger partial charge in [0.15, 0.2) is 6.10 Å². The Morgan fingerprint density at radius 3 is 2.70 bits per heavy atom. The van der Waals surface area contributed by atoms with Crippen LogP contribution < -0.4 is 11.1 Å². The number of ether oxygens (including phenoxy) is 1. The van der Waals surface area contributed by atoms with E-state index in [0.29, 0.717) is 5.69 Å². The van der Waals surface area contributed by atoms with Crippen molar-refractivity contribution in [3.63, 3.8) is 0 Å². The fraction of sp³-hybridized carbons (Fsp3) is 0.500. The van der Waals surface area contributed by atoms with Gasteiger partial charge in [-0.1, -0.05) is 12.8 Å². The first kappa shape index (κ1) is 14.3. The summed E-state index contributed by atoms with van der Waals surface area (Å²) >= 11 is 0. The van der Waals surface area contributed by atoms with Crippen molar-refractivity contribution in [3.05, 3.63) is 24.0 Å². The molecule has 0 saturated heterocycles. The molecule has 0 radical (unpaired) electrons. The van der Waals surface area contributed by atoms with E-state index in [0.717, 1.165) is 25.7 Å². The van der Waals surface area contributed by atoms with E-state index in [9.17, 15) is 9.59 Å². The minimum Gasteiger partial charge on any atom is -0.448 e. The second-order valence-electron chi connectivity index (χ2n) is 5.01. The van der Waals surface area contributed by atoms with Gasteiger partial charge >= 0.3 is 5.97 Å². The molecule has 1 saturated carbocycles. The van der Waals surface area contributed by atoms with Gasteiger partial charge in [0.2, 0.25) is 0 Å². The molecule has 1 unspecified atom stereocenters. The molecule has 3 N–H and O–H groups in total. The smallest absolute Gasteiger partial charge is 0.357 e. The number of hydrogen-bond donors (Lipinski definition) is 2. The Hall–Kier alpha value is -2.11. The molecule has 1 aliphatic rings. The topological polar surface area (TPSA) is 94.3 Å². The molecular weight excluding hydrogens is 258 g/mol. The Morgan fingerprint density at radius 1 is 1.40 bits per heavy atom. The molecule has 1 aromatic heterocycles. The predicted octanol–water partition coefficient (Wildman–Crippen LogP) is 1.27. The number of nitrogens with two attached hydrogens (primary N) is 1. The average Bonchev–Trinajstić information content (AvgIpc) is 2.92. The third-order valence-electron chi connectivity index (χ3n) is 3.35. The SMILES string of the molecule is CC(OC(=O)c1ccc(N)cn1)C(=O)NC1CCCC1. The quantitative estimate of drug-likeness (QED) is 0.808. The predicted molar refractivity (Wildman–Crippen MR) is 73.9 cm³/mol. The van der Waals surface area contributed by atoms with Crippen molar-refractivity contribution < 1.29 is 14.3 Å². The molecule has 2 rings (SSSR count). The number of amides is 1. The van der Waals surface area contributed by atoms with Gasteiger partial charge in [-0.15, -0.1) is 0 Å². The highest BCUT2D eigenvalue weighted by Crippen LogP contribution is 2.17. The lowest BCUT2D eigenvalue weighted by Crippen LogP contribution is -2.40. The van der Waals surface area contributed by atoms with Crippen molar-refractivity contribution in [2.45, 2.75) is 44.8 Å². The molecule has 6 heteroatoms. The van der Waals surface area contributed by atoms with Gasteiger partial charge in [0, 0.05) is 6.04 Å². The van der Waals surface area contributed by atoms with E-state index in [2.05, 4.69) is 10.3 Å². The zero-order valence-electron chi connectivity index (χ0n) is 11.5. The van der Waals surface area contributed by atoms with Crippen LogP contribution in [0.3, 0.4) is 0 Å². The van der Waals surface area contributed by atoms with Crippen LogP contribution in [0.15, 0.2) is 18.3 Å². The number of pyridine rings is 1. The summed E-state index contributed by atoms with van der Waals surface area (Å²) in [5, 5.41) is 2.89. The summed E-state index contributed by atoms with van der Waals surface area (Å²) in [5.74, 6) is -0.889. The number of nitrogens with zero attached hydrogens (tertiary/aromatic N) is 1. The van der Waals surface area contributed by atoms with Crippen LogP contribution in [0.5, 0.6) is 0 Å². The van der Waals surface area contributed by atoms with Gasteiger partial charge in [-0.2, -0.15) is 0 Å². The molecule has 0 spiro atoms. The third-order valence-corrected chi connectivity index (χ3v) is 3.35. The molecule has 108 valence electrons. The molecule has 1 aromatic rings. The highest BCUT2D eigenvalue weighted by Gasteiger charge is 2.23. The third kappa shape index (κ3) is 3.69. The number of carbonyl (C=O) groups is 2. The van der Waals surface area contributed by atoms with Gasteiger partial charge in [-0.05, 0) is 31.9 Å². The normalized spacial score (nSPS) is 16.6. The molecule has 0 bridgehead atoms. The lowest BCUT2D eigenvalue weighted by Gasteiger charge is -2.16. The number of nitrogens with one attached hydrogen (secondary N) is 1. The Kier molecular flexibility index (Phi) is 4.55. The van der Waals surface area contributed by atoms with Crippen LogP contribution >= 0.6 is 0 Å². The molecule has 1 heterocycles. The first-order valence-electron chi connectivity index (χ1n) is 6.79. The Labute approximate surface area is 117 Å². The van der Waals surface area contributed by atoms with E-state index in [1.807, 2.05) is 0 Å². The summed E-state index contributed by atoms with van der Waals surface area (Å²) in [5.41, 5.74) is 6.09. The maximum Gasteiger partial charge on any atom is 0.357 e. The average molecular weight is 277 g/mol. The Balaban J connectivity index is 1.86. The van der Waals surface area contributed by atoms with Crippen LogP contribution in [0.1, 0.15) is 43.1 Å². The Bertz CT molecular complexity index is 481. The summed E-state index contributed by atoms with van der Waals surface area (Å²) < 4.78 is 5.09. The van der Waals surface area contributed by atoms with Gasteiger partial charge in [0.1, 0.15) is 5.69 Å². The lowest BCUT2D eigenvalue weighted by molar-refractivity contribution is -0.129. The van der Waals surface area contributed by atoms with E-state index in [1.165, 1.54) is 12.3 Å². The second-order valence-corrected chi connectivity index (χ2v) is 5.01. The van der Waals surface area contributed by atoms with Crippen LogP contribution in [0.4, 0.5) is 5.69 Å². The Morgan fingerprint density at radius 2 is 2.10 bits per heavy atom. The molecule has 6 nitrogen and oxygen atoms in total. The number of anilines is 1. The fourth-order valence-corrected chi connectivity index (χ4v) is 2.19. The number of nitrogen functional groups attached to an aromatic ring is 1. The minimum atomic E-state index is -0.831. The van der Waals surface area contributed by atoms with Gasteiger partial charge in [0.05, 0.1) is 11.9 Å². The number of hydrogen-bond acceptors (Lipinski definition) is 5. The monoisotopic (exact) mass is 277 g/mol. The molecule has 0 aliphatic heterocycles. The van der Waals surface area contributed by atoms with Crippen molar-refractivity contribution in [2.75, 3.05) is 5.73 Å². The van der Waals surface area contributed by atoms with Crippen molar-refractivity contribution >= 4 is 17.6 Å². The van der Waals surface area contributed by atoms with Gasteiger partial charge in [0.25, 0.3) is 5.91 Å². The summed E-state index contributed by atoms with van der Waals surface area (Å²) in [4.78, 5) is 27.6. The molecule has 0 aromatic carbocycles. The van der Waals surface area contributed by atoms with Crippen LogP contribution in [-0.4, -0.2) is 29.0 Å². The largest absolute Gasteiger partial charge is 0.448 e. The highest BCUT2D eigenvalue weighted by atomic mass is 16.5. The molecule has 1 aliphatic carbocycles. The van der Waals surface area contributed by atoms with E-state index >= 15 is 0 Å². The fourth-order valence-electron chi connectivity index (χ4n) is 2.19. The van der Waals surface area contributed by atoms with E-state index in [-0.39, 0.29) is 17.6 Å². The van der Waals surface area contributed by atoms with Crippen LogP contribution in [-0.2, 0) is 9.53 Å². The molecule has 1 amide bonds. The molecule has 1 atom stereocenters. The first-order chi connectivity index (χ1) is 9.56. The highest BCUT2D eigenvalue weighted by molar-refractivity contribution is 5.90. The maximum absolute atomic E-state index is 11.9. The van der Waals surface area contributed by atoms with Crippen LogP contribution in [0, 0.1) is 0 Å². The number of esters is 1. The summed E-state index contributed by atoms with van der Waals surface area (Å²) in [7, 11) is 0. The van der Waals surface area contributed by atoms with Crippen LogP contribution in [0.25, 0.3) is 0 Å². The maximum atomic E-state index is 11.9. The molecule has 1 fully saturated rings. The summed E-state index contributed by atoms with van der Waals surface area (Å²) in [6.45, 7) is 1.56. The van der Waals surface area contributed by atoms with Crippen molar-refractivity contribution in [1.29, 1.82) is 0 Å². The zero-order valence-corrected chi connectivity index (χ0v) is 11.5. The van der Waals surface area contributed by atoms with E-state index < -0.39 is 12.1 Å². The van der Waals surface area contributed by atoms with Gasteiger partial charge in [-0.3, -0.25) is 4.79 Å². The lowest BCUT2D eigenvalue weighted by atomic mass is 10.2. The second kappa shape index (κ2) is 6.36. The van der Waals surface area contributed by atoms with Gasteiger partial charge < -0.3 is 15.8 Å². The van der Waals surface area contributed by atoms with Crippen molar-refractivity contribution in [3.8, 4) is 0 Å². The zero-order chi connectivity index (χ0) is 14.5. The minimum absolute atomic E-state index is 0.139. The van der Waals surface area contributed by atoms with Gasteiger partial charge in [-0.25, -0.2) is 9.78 Å². The van der Waals surface area contributed by atoms with E-state index in [4.69, 9.17) is 10.5 Å². The van der Waals surface area contributed by atoms with Crippen molar-refractivity contribution in [2.24, 2.45) is 0 Å².